The number of hydrogen-bond acceptors (Lipinski definition) is 2. The third kappa shape index (κ3) is 2.35. The summed E-state index contributed by atoms with van der Waals surface area (Å²) in [5.74, 6) is -0.156. The summed E-state index contributed by atoms with van der Waals surface area (Å²) in [6.45, 7) is 2.35. The molecule has 0 heterocycles. The number of nitrogens with one attached hydrogen (secondary N) is 1. The smallest absolute Gasteiger partial charge is 0.237 e. The molecule has 1 aliphatic rings. The van der Waals surface area contributed by atoms with Crippen molar-refractivity contribution in [2.75, 3.05) is 13.2 Å². The maximum Gasteiger partial charge on any atom is 0.237 e. The summed E-state index contributed by atoms with van der Waals surface area (Å²) in [5, 5.41) is 11.1. The van der Waals surface area contributed by atoms with Gasteiger partial charge in [0.1, 0.15) is 5.38 Å². The molecule has 1 atom stereocenters. The van der Waals surface area contributed by atoms with Gasteiger partial charge in [0.2, 0.25) is 5.91 Å². The summed E-state index contributed by atoms with van der Waals surface area (Å²) in [6.07, 6.45) is 2.00. The lowest BCUT2D eigenvalue weighted by molar-refractivity contribution is -0.120. The molecular weight excluding hydrogens is 178 g/mol. The first-order valence-electron chi connectivity index (χ1n) is 4.12. The molecule has 1 amide bonds. The Morgan fingerprint density at radius 2 is 2.33 bits per heavy atom. The molecule has 4 heteroatoms. The quantitative estimate of drug-likeness (QED) is 0.636. The molecule has 0 aromatic heterocycles. The first-order chi connectivity index (χ1) is 5.59. The van der Waals surface area contributed by atoms with E-state index in [2.05, 4.69) is 5.32 Å². The molecule has 0 aromatic rings. The van der Waals surface area contributed by atoms with E-state index in [-0.39, 0.29) is 17.9 Å². The number of amides is 1. The number of rotatable bonds is 4. The van der Waals surface area contributed by atoms with Gasteiger partial charge in [-0.25, -0.2) is 0 Å². The van der Waals surface area contributed by atoms with Crippen molar-refractivity contribution in [2.45, 2.75) is 25.1 Å². The Labute approximate surface area is 77.1 Å². The average molecular weight is 192 g/mol. The van der Waals surface area contributed by atoms with Crippen molar-refractivity contribution < 1.29 is 9.90 Å². The van der Waals surface area contributed by atoms with Crippen LogP contribution in [0.1, 0.15) is 19.8 Å². The van der Waals surface area contributed by atoms with Gasteiger partial charge in [-0.2, -0.15) is 0 Å². The highest BCUT2D eigenvalue weighted by Crippen LogP contribution is 2.44. The molecule has 0 aromatic carbocycles. The van der Waals surface area contributed by atoms with E-state index in [1.165, 1.54) is 0 Å². The van der Waals surface area contributed by atoms with Crippen LogP contribution in [0.15, 0.2) is 0 Å². The van der Waals surface area contributed by atoms with Crippen molar-refractivity contribution in [1.82, 2.24) is 5.32 Å². The minimum Gasteiger partial charge on any atom is -0.396 e. The van der Waals surface area contributed by atoms with Gasteiger partial charge in [0.25, 0.3) is 0 Å². The second-order valence-corrected chi connectivity index (χ2v) is 4.15. The van der Waals surface area contributed by atoms with Crippen LogP contribution in [0, 0.1) is 5.41 Å². The molecule has 0 aliphatic heterocycles. The van der Waals surface area contributed by atoms with Crippen molar-refractivity contribution in [3.05, 3.63) is 0 Å². The lowest BCUT2D eigenvalue weighted by Gasteiger charge is -2.13. The van der Waals surface area contributed by atoms with Gasteiger partial charge in [-0.15, -0.1) is 11.6 Å². The highest BCUT2D eigenvalue weighted by atomic mass is 35.5. The molecule has 12 heavy (non-hydrogen) atoms. The Balaban J connectivity index is 2.21. The molecule has 0 saturated heterocycles. The summed E-state index contributed by atoms with van der Waals surface area (Å²) in [6, 6.07) is 0. The molecule has 1 rings (SSSR count). The molecular formula is C8H14ClNO2. The van der Waals surface area contributed by atoms with Crippen LogP contribution in [0.3, 0.4) is 0 Å². The van der Waals surface area contributed by atoms with Gasteiger partial charge in [-0.3, -0.25) is 4.79 Å². The summed E-state index contributed by atoms with van der Waals surface area (Å²) >= 11 is 5.55. The number of carbonyl (C=O) groups excluding carboxylic acids is 1. The Morgan fingerprint density at radius 1 is 1.75 bits per heavy atom. The lowest BCUT2D eigenvalue weighted by Crippen LogP contribution is -2.35. The fourth-order valence-corrected chi connectivity index (χ4v) is 1.06. The summed E-state index contributed by atoms with van der Waals surface area (Å²) in [4.78, 5) is 11.0. The topological polar surface area (TPSA) is 49.3 Å². The number of aliphatic hydroxyl groups is 1. The Kier molecular flexibility index (Phi) is 2.96. The molecule has 2 N–H and O–H groups in total. The zero-order valence-electron chi connectivity index (χ0n) is 7.14. The number of carbonyl (C=O) groups is 1. The second-order valence-electron chi connectivity index (χ2n) is 3.49. The maximum atomic E-state index is 11.0. The van der Waals surface area contributed by atoms with Gasteiger partial charge >= 0.3 is 0 Å². The van der Waals surface area contributed by atoms with Gasteiger partial charge in [0.05, 0.1) is 6.61 Å². The van der Waals surface area contributed by atoms with Gasteiger partial charge in [-0.05, 0) is 19.8 Å². The van der Waals surface area contributed by atoms with Crippen LogP contribution < -0.4 is 5.32 Å². The van der Waals surface area contributed by atoms with Gasteiger partial charge in [0, 0.05) is 12.0 Å². The van der Waals surface area contributed by atoms with E-state index < -0.39 is 5.38 Å². The number of hydrogen-bond donors (Lipinski definition) is 2. The van der Waals surface area contributed by atoms with Crippen LogP contribution in [0.2, 0.25) is 0 Å². The number of aliphatic hydroxyl groups excluding tert-OH is 1. The maximum absolute atomic E-state index is 11.0. The lowest BCUT2D eigenvalue weighted by atomic mass is 10.1. The molecule has 1 saturated carbocycles. The van der Waals surface area contributed by atoms with Gasteiger partial charge in [-0.1, -0.05) is 0 Å². The second kappa shape index (κ2) is 3.62. The largest absolute Gasteiger partial charge is 0.396 e. The first-order valence-corrected chi connectivity index (χ1v) is 4.56. The SMILES string of the molecule is CC(Cl)C(=O)NCC1(CO)CC1. The third-order valence-electron chi connectivity index (χ3n) is 2.29. The highest BCUT2D eigenvalue weighted by Gasteiger charge is 2.42. The van der Waals surface area contributed by atoms with Crippen molar-refractivity contribution >= 4 is 17.5 Å². The van der Waals surface area contributed by atoms with Gasteiger partial charge in [0.15, 0.2) is 0 Å². The zero-order chi connectivity index (χ0) is 9.19. The van der Waals surface area contributed by atoms with E-state index in [1.54, 1.807) is 6.92 Å². The summed E-state index contributed by atoms with van der Waals surface area (Å²) < 4.78 is 0. The van der Waals surface area contributed by atoms with Crippen LogP contribution in [-0.4, -0.2) is 29.5 Å². The monoisotopic (exact) mass is 191 g/mol. The number of halogens is 1. The zero-order valence-corrected chi connectivity index (χ0v) is 7.90. The van der Waals surface area contributed by atoms with Gasteiger partial charge < -0.3 is 10.4 Å². The summed E-state index contributed by atoms with van der Waals surface area (Å²) in [7, 11) is 0. The standard InChI is InChI=1S/C8H14ClNO2/c1-6(9)7(12)10-4-8(5-11)2-3-8/h6,11H,2-5H2,1H3,(H,10,12). The Morgan fingerprint density at radius 3 is 2.67 bits per heavy atom. The predicted molar refractivity (Wildman–Crippen MR) is 47.1 cm³/mol. The Hall–Kier alpha value is -0.280. The molecule has 3 nitrogen and oxygen atoms in total. The van der Waals surface area contributed by atoms with Crippen LogP contribution in [0.25, 0.3) is 0 Å². The fourth-order valence-electron chi connectivity index (χ4n) is 0.983. The minimum atomic E-state index is -0.487. The minimum absolute atomic E-state index is 0.0264. The van der Waals surface area contributed by atoms with Crippen molar-refractivity contribution in [3.8, 4) is 0 Å². The number of alkyl halides is 1. The van der Waals surface area contributed by atoms with E-state index in [9.17, 15) is 4.79 Å². The molecule has 1 aliphatic carbocycles. The van der Waals surface area contributed by atoms with E-state index in [0.29, 0.717) is 6.54 Å². The van der Waals surface area contributed by atoms with Crippen LogP contribution >= 0.6 is 11.6 Å². The van der Waals surface area contributed by atoms with E-state index >= 15 is 0 Å². The van der Waals surface area contributed by atoms with Crippen molar-refractivity contribution in [2.24, 2.45) is 5.41 Å². The molecule has 0 bridgehead atoms. The van der Waals surface area contributed by atoms with E-state index in [4.69, 9.17) is 16.7 Å². The first kappa shape index (κ1) is 9.81. The van der Waals surface area contributed by atoms with E-state index in [0.717, 1.165) is 12.8 Å². The molecule has 70 valence electrons. The average Bonchev–Trinajstić information content (AvgIpc) is 2.81. The summed E-state index contributed by atoms with van der Waals surface area (Å²) in [5.41, 5.74) is -0.0264. The fraction of sp³-hybridized carbons (Fsp3) is 0.875. The Bertz CT molecular complexity index is 178. The highest BCUT2D eigenvalue weighted by molar-refractivity contribution is 6.30. The van der Waals surface area contributed by atoms with Crippen molar-refractivity contribution in [3.63, 3.8) is 0 Å². The molecule has 0 radical (unpaired) electrons. The van der Waals surface area contributed by atoms with Crippen LogP contribution in [0.4, 0.5) is 0 Å². The molecule has 1 unspecified atom stereocenters. The predicted octanol–water partition coefficient (Wildman–Crippen LogP) is 0.502. The third-order valence-corrected chi connectivity index (χ3v) is 2.49. The van der Waals surface area contributed by atoms with Crippen LogP contribution in [0.5, 0.6) is 0 Å². The van der Waals surface area contributed by atoms with Crippen molar-refractivity contribution in [1.29, 1.82) is 0 Å². The van der Waals surface area contributed by atoms with Crippen LogP contribution in [-0.2, 0) is 4.79 Å². The molecule has 1 fully saturated rings. The van der Waals surface area contributed by atoms with E-state index in [1.807, 2.05) is 0 Å². The normalized spacial score (nSPS) is 21.6. The molecule has 0 spiro atoms.